The second-order valence-corrected chi connectivity index (χ2v) is 7.06. The summed E-state index contributed by atoms with van der Waals surface area (Å²) in [5, 5.41) is 0. The van der Waals surface area contributed by atoms with Gasteiger partial charge in [-0.2, -0.15) is 0 Å². The number of rotatable bonds is 1. The van der Waals surface area contributed by atoms with E-state index in [2.05, 4.69) is 0 Å². The zero-order chi connectivity index (χ0) is 12.7. The van der Waals surface area contributed by atoms with Crippen LogP contribution < -0.4 is 5.73 Å². The van der Waals surface area contributed by atoms with Crippen LogP contribution in [0.1, 0.15) is 52.9 Å². The smallest absolute Gasteiger partial charge is 0.240 e. The van der Waals surface area contributed by atoms with Crippen molar-refractivity contribution in [2.45, 2.75) is 58.9 Å². The molecule has 2 N–H and O–H groups in total. The normalized spacial score (nSPS) is 25.5. The SMILES string of the molecule is CC(C)(C)[C@H](N)C(=O)N1CCC2(CCCC2)C1. The van der Waals surface area contributed by atoms with Crippen LogP contribution in [0.15, 0.2) is 0 Å². The largest absolute Gasteiger partial charge is 0.341 e. The summed E-state index contributed by atoms with van der Waals surface area (Å²) >= 11 is 0. The van der Waals surface area contributed by atoms with Crippen LogP contribution in [0, 0.1) is 10.8 Å². The van der Waals surface area contributed by atoms with Crippen molar-refractivity contribution < 1.29 is 4.79 Å². The van der Waals surface area contributed by atoms with Crippen molar-refractivity contribution in [3.63, 3.8) is 0 Å². The van der Waals surface area contributed by atoms with Gasteiger partial charge in [0.15, 0.2) is 0 Å². The lowest BCUT2D eigenvalue weighted by Gasteiger charge is -2.31. The van der Waals surface area contributed by atoms with Gasteiger partial charge in [0, 0.05) is 13.1 Å². The number of nitrogens with zero attached hydrogens (tertiary/aromatic N) is 1. The molecule has 3 heteroatoms. The highest BCUT2D eigenvalue weighted by Gasteiger charge is 2.43. The molecule has 0 aromatic carbocycles. The van der Waals surface area contributed by atoms with E-state index in [4.69, 9.17) is 5.73 Å². The monoisotopic (exact) mass is 238 g/mol. The first-order chi connectivity index (χ1) is 7.84. The van der Waals surface area contributed by atoms with Crippen molar-refractivity contribution in [2.75, 3.05) is 13.1 Å². The summed E-state index contributed by atoms with van der Waals surface area (Å²) in [6, 6.07) is -0.362. The zero-order valence-corrected chi connectivity index (χ0v) is 11.5. The first kappa shape index (κ1) is 12.9. The molecule has 98 valence electrons. The molecule has 2 rings (SSSR count). The van der Waals surface area contributed by atoms with Crippen LogP contribution in [0.2, 0.25) is 0 Å². The van der Waals surface area contributed by atoms with E-state index in [-0.39, 0.29) is 17.4 Å². The Balaban J connectivity index is 1.99. The third kappa shape index (κ3) is 2.49. The van der Waals surface area contributed by atoms with Gasteiger partial charge in [0.2, 0.25) is 5.91 Å². The van der Waals surface area contributed by atoms with E-state index in [9.17, 15) is 4.79 Å². The zero-order valence-electron chi connectivity index (χ0n) is 11.5. The van der Waals surface area contributed by atoms with E-state index in [0.29, 0.717) is 5.41 Å². The first-order valence-corrected chi connectivity index (χ1v) is 6.89. The highest BCUT2D eigenvalue weighted by molar-refractivity contribution is 5.82. The Morgan fingerprint density at radius 3 is 2.35 bits per heavy atom. The number of carbonyl (C=O) groups excluding carboxylic acids is 1. The van der Waals surface area contributed by atoms with Crippen LogP contribution in [0.25, 0.3) is 0 Å². The van der Waals surface area contributed by atoms with E-state index in [1.54, 1.807) is 0 Å². The van der Waals surface area contributed by atoms with E-state index in [1.807, 2.05) is 25.7 Å². The predicted octanol–water partition coefficient (Wildman–Crippen LogP) is 2.15. The fourth-order valence-corrected chi connectivity index (χ4v) is 3.22. The van der Waals surface area contributed by atoms with Gasteiger partial charge in [-0.15, -0.1) is 0 Å². The number of amides is 1. The number of likely N-dealkylation sites (tertiary alicyclic amines) is 1. The molecule has 1 heterocycles. The molecule has 1 saturated carbocycles. The molecule has 2 fully saturated rings. The van der Waals surface area contributed by atoms with Gasteiger partial charge in [0.25, 0.3) is 0 Å². The number of hydrogen-bond acceptors (Lipinski definition) is 2. The van der Waals surface area contributed by atoms with Crippen LogP contribution >= 0.6 is 0 Å². The van der Waals surface area contributed by atoms with E-state index >= 15 is 0 Å². The lowest BCUT2D eigenvalue weighted by molar-refractivity contribution is -0.134. The van der Waals surface area contributed by atoms with Crippen LogP contribution in [-0.2, 0) is 4.79 Å². The van der Waals surface area contributed by atoms with E-state index in [0.717, 1.165) is 13.1 Å². The fourth-order valence-electron chi connectivity index (χ4n) is 3.22. The van der Waals surface area contributed by atoms with Gasteiger partial charge in [0.1, 0.15) is 0 Å². The number of hydrogen-bond donors (Lipinski definition) is 1. The Labute approximate surface area is 105 Å². The minimum atomic E-state index is -0.362. The van der Waals surface area contributed by atoms with Crippen molar-refractivity contribution >= 4 is 5.91 Å². The summed E-state index contributed by atoms with van der Waals surface area (Å²) in [5.74, 6) is 0.154. The van der Waals surface area contributed by atoms with E-state index < -0.39 is 0 Å². The summed E-state index contributed by atoms with van der Waals surface area (Å²) in [7, 11) is 0. The van der Waals surface area contributed by atoms with Crippen LogP contribution in [0.3, 0.4) is 0 Å². The van der Waals surface area contributed by atoms with Gasteiger partial charge in [-0.3, -0.25) is 4.79 Å². The second-order valence-electron chi connectivity index (χ2n) is 7.06. The molecule has 0 bridgehead atoms. The molecular weight excluding hydrogens is 212 g/mol. The molecule has 1 spiro atoms. The summed E-state index contributed by atoms with van der Waals surface area (Å²) in [4.78, 5) is 14.3. The number of nitrogens with two attached hydrogens (primary N) is 1. The molecule has 0 radical (unpaired) electrons. The van der Waals surface area contributed by atoms with Gasteiger partial charge in [-0.25, -0.2) is 0 Å². The van der Waals surface area contributed by atoms with Gasteiger partial charge in [-0.05, 0) is 30.1 Å². The van der Waals surface area contributed by atoms with Gasteiger partial charge in [0.05, 0.1) is 6.04 Å². The van der Waals surface area contributed by atoms with Crippen molar-refractivity contribution in [3.05, 3.63) is 0 Å². The maximum atomic E-state index is 12.3. The molecular formula is C14H26N2O. The highest BCUT2D eigenvalue weighted by Crippen LogP contribution is 2.45. The minimum Gasteiger partial charge on any atom is -0.341 e. The highest BCUT2D eigenvalue weighted by atomic mass is 16.2. The molecule has 1 amide bonds. The van der Waals surface area contributed by atoms with Gasteiger partial charge < -0.3 is 10.6 Å². The Hall–Kier alpha value is -0.570. The van der Waals surface area contributed by atoms with Crippen molar-refractivity contribution in [2.24, 2.45) is 16.6 Å². The Bertz CT molecular complexity index is 300. The van der Waals surface area contributed by atoms with Crippen molar-refractivity contribution in [1.82, 2.24) is 4.90 Å². The van der Waals surface area contributed by atoms with Crippen LogP contribution in [-0.4, -0.2) is 29.9 Å². The molecule has 0 aromatic rings. The topological polar surface area (TPSA) is 46.3 Å². The molecule has 0 unspecified atom stereocenters. The lowest BCUT2D eigenvalue weighted by Crippen LogP contribution is -2.50. The maximum absolute atomic E-state index is 12.3. The minimum absolute atomic E-state index is 0.136. The average molecular weight is 238 g/mol. The fraction of sp³-hybridized carbons (Fsp3) is 0.929. The first-order valence-electron chi connectivity index (χ1n) is 6.89. The summed E-state index contributed by atoms with van der Waals surface area (Å²) in [5.41, 5.74) is 6.39. The molecule has 0 aromatic heterocycles. The van der Waals surface area contributed by atoms with Gasteiger partial charge >= 0.3 is 0 Å². The standard InChI is InChI=1S/C14H26N2O/c1-13(2,3)11(15)12(17)16-9-8-14(10-16)6-4-5-7-14/h11H,4-10,15H2,1-3H3/t11-/m1/s1. The molecule has 1 atom stereocenters. The third-order valence-corrected chi connectivity index (χ3v) is 4.61. The molecule has 1 aliphatic heterocycles. The quantitative estimate of drug-likeness (QED) is 0.761. The second kappa shape index (κ2) is 4.27. The predicted molar refractivity (Wildman–Crippen MR) is 69.5 cm³/mol. The third-order valence-electron chi connectivity index (χ3n) is 4.61. The molecule has 17 heavy (non-hydrogen) atoms. The molecule has 1 aliphatic carbocycles. The van der Waals surface area contributed by atoms with Gasteiger partial charge in [-0.1, -0.05) is 33.6 Å². The van der Waals surface area contributed by atoms with Crippen molar-refractivity contribution in [3.8, 4) is 0 Å². The van der Waals surface area contributed by atoms with Crippen LogP contribution in [0.4, 0.5) is 0 Å². The maximum Gasteiger partial charge on any atom is 0.240 e. The number of carbonyl (C=O) groups is 1. The van der Waals surface area contributed by atoms with Crippen molar-refractivity contribution in [1.29, 1.82) is 0 Å². The van der Waals surface area contributed by atoms with E-state index in [1.165, 1.54) is 32.1 Å². The summed E-state index contributed by atoms with van der Waals surface area (Å²) < 4.78 is 0. The molecule has 1 saturated heterocycles. The summed E-state index contributed by atoms with van der Waals surface area (Å²) in [6.45, 7) is 7.99. The Morgan fingerprint density at radius 2 is 1.82 bits per heavy atom. The van der Waals surface area contributed by atoms with Crippen LogP contribution in [0.5, 0.6) is 0 Å². The molecule has 2 aliphatic rings. The Kier molecular flexibility index (Phi) is 3.23. The average Bonchev–Trinajstić information content (AvgIpc) is 2.86. The Morgan fingerprint density at radius 1 is 1.24 bits per heavy atom. The molecule has 3 nitrogen and oxygen atoms in total. The summed E-state index contributed by atoms with van der Waals surface area (Å²) in [6.07, 6.45) is 6.49. The lowest BCUT2D eigenvalue weighted by atomic mass is 9.85.